The lowest BCUT2D eigenvalue weighted by Gasteiger charge is -2.53. The first-order valence-electron chi connectivity index (χ1n) is 13.0. The molecule has 1 fully saturated rings. The molecular formula is C29H30N4O9. The Kier molecular flexibility index (Phi) is 6.84. The molecule has 0 aliphatic heterocycles. The second kappa shape index (κ2) is 9.98. The summed E-state index contributed by atoms with van der Waals surface area (Å²) in [5.41, 5.74) is 1.24. The van der Waals surface area contributed by atoms with E-state index in [2.05, 4.69) is 10.6 Å². The molecule has 13 heteroatoms. The molecule has 13 nitrogen and oxygen atoms in total. The maximum absolute atomic E-state index is 14.0. The van der Waals surface area contributed by atoms with Gasteiger partial charge in [0.2, 0.25) is 5.78 Å². The van der Waals surface area contributed by atoms with Gasteiger partial charge in [0, 0.05) is 17.2 Å². The van der Waals surface area contributed by atoms with Crippen molar-refractivity contribution in [3.05, 3.63) is 70.5 Å². The van der Waals surface area contributed by atoms with Gasteiger partial charge >= 0.3 is 6.03 Å². The van der Waals surface area contributed by atoms with Crippen LogP contribution in [0.3, 0.4) is 0 Å². The minimum atomic E-state index is -3.01. The van der Waals surface area contributed by atoms with Crippen LogP contribution >= 0.6 is 0 Å². The van der Waals surface area contributed by atoms with E-state index in [0.717, 1.165) is 0 Å². The molecular weight excluding hydrogens is 548 g/mol. The minimum absolute atomic E-state index is 0.116. The van der Waals surface area contributed by atoms with E-state index in [0.29, 0.717) is 11.3 Å². The minimum Gasteiger partial charge on any atom is -0.508 e. The lowest BCUT2D eigenvalue weighted by atomic mass is 9.54. The van der Waals surface area contributed by atoms with E-state index in [1.807, 2.05) is 0 Å². The number of carbonyl (C=O) groups excluding carboxylic acids is 4. The molecule has 1 saturated carbocycles. The van der Waals surface area contributed by atoms with E-state index in [9.17, 15) is 44.7 Å². The Balaban J connectivity index is 1.64. The topological polar surface area (TPSA) is 223 Å². The summed E-state index contributed by atoms with van der Waals surface area (Å²) < 4.78 is 0. The zero-order chi connectivity index (χ0) is 30.8. The van der Waals surface area contributed by atoms with E-state index in [1.165, 1.54) is 31.1 Å². The number of phenolic OH excluding ortho intramolecular Hbond substituents is 1. The van der Waals surface area contributed by atoms with Crippen LogP contribution in [0.4, 0.5) is 16.2 Å². The highest BCUT2D eigenvalue weighted by Crippen LogP contribution is 2.56. The number of anilines is 2. The summed E-state index contributed by atoms with van der Waals surface area (Å²) in [6.45, 7) is 1.62. The van der Waals surface area contributed by atoms with Crippen molar-refractivity contribution in [2.45, 2.75) is 30.6 Å². The van der Waals surface area contributed by atoms with Gasteiger partial charge in [-0.25, -0.2) is 4.79 Å². The molecule has 0 spiro atoms. The van der Waals surface area contributed by atoms with Crippen molar-refractivity contribution in [3.8, 4) is 5.75 Å². The van der Waals surface area contributed by atoms with Gasteiger partial charge in [0.1, 0.15) is 22.8 Å². The first kappa shape index (κ1) is 28.8. The Hall–Kier alpha value is -4.72. The maximum Gasteiger partial charge on any atom is 0.323 e. The highest BCUT2D eigenvalue weighted by Gasteiger charge is 2.68. The van der Waals surface area contributed by atoms with Crippen molar-refractivity contribution in [3.63, 3.8) is 0 Å². The molecule has 3 amide bonds. The van der Waals surface area contributed by atoms with Crippen LogP contribution in [0.2, 0.25) is 0 Å². The van der Waals surface area contributed by atoms with Crippen LogP contribution in [0, 0.1) is 11.8 Å². The molecule has 9 N–H and O–H groups in total. The average molecular weight is 579 g/mol. The second-order valence-electron chi connectivity index (χ2n) is 10.9. The summed E-state index contributed by atoms with van der Waals surface area (Å²) >= 11 is 0. The molecule has 6 atom stereocenters. The number of aromatic hydroxyl groups is 1. The molecule has 3 aliphatic rings. The predicted octanol–water partition coefficient (Wildman–Crippen LogP) is 1.14. The Morgan fingerprint density at radius 2 is 1.64 bits per heavy atom. The van der Waals surface area contributed by atoms with Gasteiger partial charge in [-0.15, -0.1) is 0 Å². The molecule has 0 heterocycles. The number of nitrogens with two attached hydrogens (primary N) is 1. The quantitative estimate of drug-likeness (QED) is 0.191. The molecule has 2 aromatic carbocycles. The van der Waals surface area contributed by atoms with Crippen molar-refractivity contribution in [1.29, 1.82) is 0 Å². The van der Waals surface area contributed by atoms with Crippen molar-refractivity contribution >= 4 is 40.6 Å². The number of nitrogens with zero attached hydrogens (tertiary/aromatic N) is 1. The van der Waals surface area contributed by atoms with Crippen LogP contribution < -0.4 is 16.4 Å². The van der Waals surface area contributed by atoms with Crippen LogP contribution in [0.1, 0.15) is 24.0 Å². The fraction of sp³-hybridized carbons (Fsp3) is 0.310. The number of primary amides is 1. The predicted molar refractivity (Wildman–Crippen MR) is 149 cm³/mol. The molecule has 220 valence electrons. The SMILES string of the molecule is C[C@@H]1c2ccc(NC(=O)Nc3ccccc3)c(O)c2C(O)=C2C(=O)[C@@]3(O)C(O)=C(C(N)=O)C(=O)[C@H](N(C)C)[C@H]3[C@H](O)[C@H]21. The largest absolute Gasteiger partial charge is 0.508 e. The highest BCUT2D eigenvalue weighted by molar-refractivity contribution is 6.24. The van der Waals surface area contributed by atoms with E-state index < -0.39 is 87.4 Å². The fourth-order valence-electron chi connectivity index (χ4n) is 6.52. The van der Waals surface area contributed by atoms with E-state index in [4.69, 9.17) is 5.73 Å². The Bertz CT molecular complexity index is 1600. The molecule has 0 unspecified atom stereocenters. The first-order chi connectivity index (χ1) is 19.7. The third kappa shape index (κ3) is 3.96. The highest BCUT2D eigenvalue weighted by atomic mass is 16.4. The maximum atomic E-state index is 14.0. The third-order valence-corrected chi connectivity index (χ3v) is 8.41. The van der Waals surface area contributed by atoms with Gasteiger partial charge in [-0.05, 0) is 43.8 Å². The van der Waals surface area contributed by atoms with Crippen LogP contribution in [0.25, 0.3) is 5.76 Å². The normalized spacial score (nSPS) is 28.7. The number of para-hydroxylation sites is 1. The van der Waals surface area contributed by atoms with Crippen LogP contribution in [0.5, 0.6) is 5.75 Å². The number of fused-ring (bicyclic) bond motifs is 3. The van der Waals surface area contributed by atoms with Crippen molar-refractivity contribution in [2.75, 3.05) is 24.7 Å². The summed E-state index contributed by atoms with van der Waals surface area (Å²) in [4.78, 5) is 53.3. The summed E-state index contributed by atoms with van der Waals surface area (Å²) in [5, 5.41) is 62.0. The first-order valence-corrected chi connectivity index (χ1v) is 13.0. The van der Waals surface area contributed by atoms with Crippen LogP contribution in [-0.2, 0) is 14.4 Å². The Morgan fingerprint density at radius 3 is 2.24 bits per heavy atom. The molecule has 0 radical (unpaired) electrons. The number of benzene rings is 2. The van der Waals surface area contributed by atoms with Gasteiger partial charge in [0.05, 0.1) is 29.3 Å². The number of phenols is 1. The van der Waals surface area contributed by atoms with E-state index in [1.54, 1.807) is 37.3 Å². The van der Waals surface area contributed by atoms with Gasteiger partial charge in [0.25, 0.3) is 5.91 Å². The molecule has 2 aromatic rings. The van der Waals surface area contributed by atoms with Crippen molar-refractivity contribution < 1.29 is 44.7 Å². The lowest BCUT2D eigenvalue weighted by molar-refractivity contribution is -0.169. The van der Waals surface area contributed by atoms with Crippen molar-refractivity contribution in [2.24, 2.45) is 17.6 Å². The van der Waals surface area contributed by atoms with Crippen LogP contribution in [-0.4, -0.2) is 85.8 Å². The van der Waals surface area contributed by atoms with Gasteiger partial charge in [0.15, 0.2) is 11.4 Å². The van der Waals surface area contributed by atoms with Gasteiger partial charge < -0.3 is 41.9 Å². The number of amides is 3. The Morgan fingerprint density at radius 1 is 1.00 bits per heavy atom. The standard InChI is InChI=1S/C29H30N4O9/c1-11-13-9-10-14(32-28(41)31-12-7-5-4-6-8-12)21(34)16(13)22(35)17-15(11)23(36)19-20(33(2)3)24(37)18(27(30)40)26(39)29(19,42)25(17)38/h4-11,15,19-20,23,34-36,39,42H,1-3H3,(H2,30,40)(H2,31,32,41)/t11-,15+,19+,20-,23-,29-/m1/s1. The van der Waals surface area contributed by atoms with Crippen LogP contribution in [0.15, 0.2) is 59.4 Å². The number of nitrogens with one attached hydrogen (secondary N) is 2. The number of aliphatic hydroxyl groups excluding tert-OH is 3. The van der Waals surface area contributed by atoms with Gasteiger partial charge in [-0.1, -0.05) is 31.2 Å². The number of Topliss-reactive ketones (excluding diaryl/α,β-unsaturated/α-hetero) is 2. The summed E-state index contributed by atoms with van der Waals surface area (Å²) in [7, 11) is 2.87. The number of hydrogen-bond acceptors (Lipinski definition) is 10. The van der Waals surface area contributed by atoms with Crippen molar-refractivity contribution in [1.82, 2.24) is 4.90 Å². The fourth-order valence-corrected chi connectivity index (χ4v) is 6.52. The van der Waals surface area contributed by atoms with E-state index >= 15 is 0 Å². The summed E-state index contributed by atoms with van der Waals surface area (Å²) in [5.74, 6) is -9.95. The number of carbonyl (C=O) groups is 4. The zero-order valence-electron chi connectivity index (χ0n) is 22.8. The number of hydrogen-bond donors (Lipinski definition) is 8. The smallest absolute Gasteiger partial charge is 0.323 e. The number of ketones is 2. The zero-order valence-corrected chi connectivity index (χ0v) is 22.8. The molecule has 42 heavy (non-hydrogen) atoms. The van der Waals surface area contributed by atoms with Gasteiger partial charge in [-0.2, -0.15) is 0 Å². The summed E-state index contributed by atoms with van der Waals surface area (Å²) in [6.07, 6.45) is -1.70. The lowest BCUT2D eigenvalue weighted by Crippen LogP contribution is -2.70. The van der Waals surface area contributed by atoms with E-state index in [-0.39, 0.29) is 11.3 Å². The summed E-state index contributed by atoms with van der Waals surface area (Å²) in [6, 6.07) is 9.24. The molecule has 0 bridgehead atoms. The number of likely N-dealkylation sites (N-methyl/N-ethyl adjacent to an activating group) is 1. The second-order valence-corrected chi connectivity index (χ2v) is 10.9. The number of aliphatic hydroxyl groups is 4. The monoisotopic (exact) mass is 578 g/mol. The number of rotatable bonds is 4. The van der Waals surface area contributed by atoms with Gasteiger partial charge in [-0.3, -0.25) is 19.3 Å². The average Bonchev–Trinajstić information content (AvgIpc) is 2.92. The third-order valence-electron chi connectivity index (χ3n) is 8.41. The molecule has 0 saturated heterocycles. The molecule has 5 rings (SSSR count). The number of urea groups is 1. The molecule has 3 aliphatic carbocycles. The molecule has 0 aromatic heterocycles. The Labute approximate surface area is 239 Å².